The van der Waals surface area contributed by atoms with Gasteiger partial charge in [-0.1, -0.05) is 19.4 Å². The molecule has 3 heteroatoms. The monoisotopic (exact) mass is 266 g/mol. The minimum atomic E-state index is -0.0801. The number of carbonyl (C=O) groups excluding carboxylic acids is 1. The summed E-state index contributed by atoms with van der Waals surface area (Å²) in [6, 6.07) is 0. The van der Waals surface area contributed by atoms with Gasteiger partial charge in [0.1, 0.15) is 0 Å². The van der Waals surface area contributed by atoms with Gasteiger partial charge >= 0.3 is 0 Å². The van der Waals surface area contributed by atoms with E-state index in [1.165, 1.54) is 5.57 Å². The normalized spacial score (nSPS) is 26.1. The summed E-state index contributed by atoms with van der Waals surface area (Å²) in [4.78, 5) is 12.4. The van der Waals surface area contributed by atoms with Crippen molar-refractivity contribution in [3.8, 4) is 0 Å². The molecule has 0 bridgehead atoms. The molecule has 0 radical (unpaired) electrons. The fourth-order valence-corrected chi connectivity index (χ4v) is 3.14. The van der Waals surface area contributed by atoms with Crippen molar-refractivity contribution in [2.45, 2.75) is 58.0 Å². The van der Waals surface area contributed by atoms with E-state index in [9.17, 15) is 4.79 Å². The Hall–Kier alpha value is -0.670. The van der Waals surface area contributed by atoms with Gasteiger partial charge in [0.2, 0.25) is 0 Å². The topological polar surface area (TPSA) is 35.5 Å². The van der Waals surface area contributed by atoms with E-state index in [1.807, 2.05) is 6.08 Å². The van der Waals surface area contributed by atoms with E-state index in [0.29, 0.717) is 5.78 Å². The Labute approximate surface area is 116 Å². The second kappa shape index (κ2) is 6.67. The molecule has 1 unspecified atom stereocenters. The number of hydrogen-bond acceptors (Lipinski definition) is 3. The van der Waals surface area contributed by atoms with E-state index in [4.69, 9.17) is 9.47 Å². The predicted octanol–water partition coefficient (Wildman–Crippen LogP) is 3.28. The third-order valence-electron chi connectivity index (χ3n) is 4.55. The Bertz CT molecular complexity index is 328. The number of hydrogen-bond donors (Lipinski definition) is 0. The molecule has 0 aliphatic carbocycles. The van der Waals surface area contributed by atoms with Crippen molar-refractivity contribution in [2.24, 2.45) is 5.92 Å². The number of ether oxygens (including phenoxy) is 2. The highest BCUT2D eigenvalue weighted by molar-refractivity contribution is 5.92. The van der Waals surface area contributed by atoms with E-state index < -0.39 is 0 Å². The molecule has 1 spiro atoms. The lowest BCUT2D eigenvalue weighted by Crippen LogP contribution is -2.45. The van der Waals surface area contributed by atoms with Crippen molar-refractivity contribution < 1.29 is 14.3 Å². The molecule has 0 amide bonds. The molecule has 2 rings (SSSR count). The van der Waals surface area contributed by atoms with Gasteiger partial charge in [-0.2, -0.15) is 0 Å². The molecule has 108 valence electrons. The molecule has 0 saturated carbocycles. The van der Waals surface area contributed by atoms with Gasteiger partial charge in [0.05, 0.1) is 5.60 Å². The third-order valence-corrected chi connectivity index (χ3v) is 4.55. The average Bonchev–Trinajstić information content (AvgIpc) is 2.45. The fourth-order valence-electron chi connectivity index (χ4n) is 3.14. The molecular weight excluding hydrogens is 240 g/mol. The summed E-state index contributed by atoms with van der Waals surface area (Å²) in [5.41, 5.74) is 1.18. The Kier molecular flexibility index (Phi) is 5.17. The van der Waals surface area contributed by atoms with Gasteiger partial charge in [0, 0.05) is 25.7 Å². The number of rotatable bonds is 4. The van der Waals surface area contributed by atoms with E-state index in [0.717, 1.165) is 58.3 Å². The molecule has 0 aromatic carbocycles. The lowest BCUT2D eigenvalue weighted by atomic mass is 9.79. The molecule has 0 N–H and O–H groups in total. The largest absolute Gasteiger partial charge is 0.381 e. The number of carbonyl (C=O) groups is 1. The first-order chi connectivity index (χ1) is 9.19. The average molecular weight is 266 g/mol. The van der Waals surface area contributed by atoms with Gasteiger partial charge in [-0.05, 0) is 44.6 Å². The Morgan fingerprint density at radius 3 is 2.53 bits per heavy atom. The molecule has 2 saturated heterocycles. The van der Waals surface area contributed by atoms with Crippen molar-refractivity contribution >= 4 is 5.78 Å². The van der Waals surface area contributed by atoms with Crippen LogP contribution in [0.4, 0.5) is 0 Å². The molecular formula is C16H26O3. The van der Waals surface area contributed by atoms with Gasteiger partial charge in [-0.3, -0.25) is 4.79 Å². The van der Waals surface area contributed by atoms with Crippen molar-refractivity contribution in [2.75, 3.05) is 19.8 Å². The second-order valence-electron chi connectivity index (χ2n) is 5.75. The summed E-state index contributed by atoms with van der Waals surface area (Å²) < 4.78 is 11.4. The van der Waals surface area contributed by atoms with Crippen LogP contribution < -0.4 is 0 Å². The van der Waals surface area contributed by atoms with Crippen LogP contribution in [0.1, 0.15) is 52.4 Å². The Morgan fingerprint density at radius 2 is 1.89 bits per heavy atom. The van der Waals surface area contributed by atoms with Crippen molar-refractivity contribution in [3.05, 3.63) is 11.6 Å². The molecule has 0 aromatic rings. The van der Waals surface area contributed by atoms with Gasteiger partial charge in [-0.25, -0.2) is 0 Å². The summed E-state index contributed by atoms with van der Waals surface area (Å²) in [6.07, 6.45) is 7.48. The molecule has 1 atom stereocenters. The van der Waals surface area contributed by atoms with Crippen LogP contribution in [0.15, 0.2) is 11.6 Å². The van der Waals surface area contributed by atoms with Crippen molar-refractivity contribution in [3.63, 3.8) is 0 Å². The van der Waals surface area contributed by atoms with Crippen molar-refractivity contribution in [1.29, 1.82) is 0 Å². The molecule has 0 aromatic heterocycles. The SMILES string of the molecule is CCC(=CC(=O)C1CCOC2(CCOCC2)C1)CC. The molecule has 19 heavy (non-hydrogen) atoms. The number of ketones is 1. The van der Waals surface area contributed by atoms with E-state index in [1.54, 1.807) is 0 Å². The zero-order valence-corrected chi connectivity index (χ0v) is 12.2. The van der Waals surface area contributed by atoms with Crippen LogP contribution >= 0.6 is 0 Å². The lowest BCUT2D eigenvalue weighted by molar-refractivity contribution is -0.154. The second-order valence-corrected chi connectivity index (χ2v) is 5.75. The van der Waals surface area contributed by atoms with E-state index >= 15 is 0 Å². The standard InChI is InChI=1S/C16H26O3/c1-3-13(4-2)11-15(17)14-5-8-19-16(12-14)6-9-18-10-7-16/h11,14H,3-10,12H2,1-2H3. The number of allylic oxidation sites excluding steroid dienone is 2. The van der Waals surface area contributed by atoms with Gasteiger partial charge < -0.3 is 9.47 Å². The zero-order valence-electron chi connectivity index (χ0n) is 12.2. The lowest BCUT2D eigenvalue weighted by Gasteiger charge is -2.42. The first-order valence-electron chi connectivity index (χ1n) is 7.64. The van der Waals surface area contributed by atoms with E-state index in [-0.39, 0.29) is 11.5 Å². The summed E-state index contributed by atoms with van der Waals surface area (Å²) >= 11 is 0. The minimum absolute atomic E-state index is 0.0801. The molecule has 3 nitrogen and oxygen atoms in total. The van der Waals surface area contributed by atoms with Crippen LogP contribution in [-0.4, -0.2) is 31.2 Å². The van der Waals surface area contributed by atoms with Gasteiger partial charge in [-0.15, -0.1) is 0 Å². The zero-order chi connectivity index (χ0) is 13.7. The highest BCUT2D eigenvalue weighted by Gasteiger charge is 2.40. The molecule has 2 fully saturated rings. The maximum atomic E-state index is 12.4. The maximum Gasteiger partial charge on any atom is 0.158 e. The minimum Gasteiger partial charge on any atom is -0.381 e. The van der Waals surface area contributed by atoms with Crippen LogP contribution in [0.3, 0.4) is 0 Å². The molecule has 2 heterocycles. The van der Waals surface area contributed by atoms with Gasteiger partial charge in [0.25, 0.3) is 0 Å². The highest BCUT2D eigenvalue weighted by Crippen LogP contribution is 2.37. The first kappa shape index (κ1) is 14.7. The van der Waals surface area contributed by atoms with E-state index in [2.05, 4.69) is 13.8 Å². The molecule has 2 aliphatic rings. The van der Waals surface area contributed by atoms with Crippen molar-refractivity contribution in [1.82, 2.24) is 0 Å². The summed E-state index contributed by atoms with van der Waals surface area (Å²) in [6.45, 7) is 6.49. The summed E-state index contributed by atoms with van der Waals surface area (Å²) in [5, 5.41) is 0. The Balaban J connectivity index is 2.00. The van der Waals surface area contributed by atoms with Crippen LogP contribution in [0, 0.1) is 5.92 Å². The van der Waals surface area contributed by atoms with Crippen LogP contribution in [0.5, 0.6) is 0 Å². The summed E-state index contributed by atoms with van der Waals surface area (Å²) in [5.74, 6) is 0.466. The predicted molar refractivity (Wildman–Crippen MR) is 75.1 cm³/mol. The van der Waals surface area contributed by atoms with Gasteiger partial charge in [0.15, 0.2) is 5.78 Å². The maximum absolute atomic E-state index is 12.4. The van der Waals surface area contributed by atoms with Crippen LogP contribution in [-0.2, 0) is 14.3 Å². The first-order valence-corrected chi connectivity index (χ1v) is 7.64. The molecule has 2 aliphatic heterocycles. The smallest absolute Gasteiger partial charge is 0.158 e. The highest BCUT2D eigenvalue weighted by atomic mass is 16.5. The van der Waals surface area contributed by atoms with Crippen LogP contribution in [0.2, 0.25) is 0 Å². The fraction of sp³-hybridized carbons (Fsp3) is 0.812. The van der Waals surface area contributed by atoms with Crippen LogP contribution in [0.25, 0.3) is 0 Å². The quantitative estimate of drug-likeness (QED) is 0.733. The summed E-state index contributed by atoms with van der Waals surface area (Å²) in [7, 11) is 0. The Morgan fingerprint density at radius 1 is 1.21 bits per heavy atom. The third kappa shape index (κ3) is 3.67.